The van der Waals surface area contributed by atoms with Gasteiger partial charge >= 0.3 is 0 Å². The van der Waals surface area contributed by atoms with E-state index in [0.717, 1.165) is 24.7 Å². The second-order valence-electron chi connectivity index (χ2n) is 8.69. The van der Waals surface area contributed by atoms with E-state index in [1.165, 1.54) is 44.6 Å². The van der Waals surface area contributed by atoms with E-state index in [2.05, 4.69) is 10.3 Å². The lowest BCUT2D eigenvalue weighted by atomic mass is 9.80. The van der Waals surface area contributed by atoms with Crippen LogP contribution in [-0.4, -0.2) is 46.2 Å². The molecule has 1 aromatic heterocycles. The number of halogens is 1. The van der Waals surface area contributed by atoms with E-state index in [1.54, 1.807) is 12.1 Å². The average molecular weight is 378 g/mol. The predicted molar refractivity (Wildman–Crippen MR) is 101 cm³/mol. The van der Waals surface area contributed by atoms with Gasteiger partial charge in [0.05, 0.1) is 18.8 Å². The molecule has 0 bridgehead atoms. The summed E-state index contributed by atoms with van der Waals surface area (Å²) in [6, 6.07) is 3.97. The van der Waals surface area contributed by atoms with Gasteiger partial charge < -0.3 is 20.3 Å². The Labute approximate surface area is 160 Å². The van der Waals surface area contributed by atoms with Crippen molar-refractivity contribution >= 4 is 5.82 Å². The molecule has 0 aromatic carbocycles. The van der Waals surface area contributed by atoms with Crippen molar-refractivity contribution < 1.29 is 19.3 Å². The Morgan fingerprint density at radius 1 is 1.07 bits per heavy atom. The van der Waals surface area contributed by atoms with E-state index in [1.807, 2.05) is 0 Å². The lowest BCUT2D eigenvalue weighted by molar-refractivity contribution is -0.158. The van der Waals surface area contributed by atoms with Gasteiger partial charge in [0.15, 0.2) is 0 Å². The number of aliphatic hydroxyl groups is 2. The Morgan fingerprint density at radius 2 is 1.89 bits per heavy atom. The molecular weight excluding hydrogens is 347 g/mol. The highest BCUT2D eigenvalue weighted by Crippen LogP contribution is 2.41. The molecule has 2 saturated carbocycles. The van der Waals surface area contributed by atoms with Gasteiger partial charge in [0.1, 0.15) is 18.0 Å². The second kappa shape index (κ2) is 8.41. The van der Waals surface area contributed by atoms with Crippen molar-refractivity contribution in [1.82, 2.24) is 4.98 Å². The summed E-state index contributed by atoms with van der Waals surface area (Å²) in [6.45, 7) is 0.282. The van der Waals surface area contributed by atoms with Crippen LogP contribution in [0.1, 0.15) is 51.4 Å². The number of nitrogens with zero attached hydrogens (tertiary/aromatic N) is 1. The van der Waals surface area contributed by atoms with Crippen LogP contribution in [0.25, 0.3) is 0 Å². The molecule has 1 aliphatic heterocycles. The van der Waals surface area contributed by atoms with Crippen LogP contribution >= 0.6 is 0 Å². The third-order valence-electron chi connectivity index (χ3n) is 6.87. The van der Waals surface area contributed by atoms with Crippen molar-refractivity contribution in [3.63, 3.8) is 0 Å². The maximum absolute atomic E-state index is 13.2. The molecule has 3 aliphatic rings. The van der Waals surface area contributed by atoms with Crippen LogP contribution in [0.15, 0.2) is 18.2 Å². The third-order valence-corrected chi connectivity index (χ3v) is 6.87. The van der Waals surface area contributed by atoms with E-state index in [-0.39, 0.29) is 12.7 Å². The standard InChI is InChI=1S/C21H31FN2O3/c22-17-5-2-6-18(24-17)23-16-12-27-21(20(26)19(16)25)15-10-9-14(11-15)8-7-13-3-1-4-13/h2,5-6,13-16,19-21,25-26H,1,3-4,7-12H2,(H,23,24)/t14?,15?,16-,19+,20+,21+/m0/s1. The summed E-state index contributed by atoms with van der Waals surface area (Å²) >= 11 is 0. The Kier molecular flexibility index (Phi) is 5.95. The summed E-state index contributed by atoms with van der Waals surface area (Å²) in [7, 11) is 0. The summed E-state index contributed by atoms with van der Waals surface area (Å²) in [5.41, 5.74) is 0. The first-order chi connectivity index (χ1) is 13.1. The number of aliphatic hydroxyl groups excluding tert-OH is 2. The van der Waals surface area contributed by atoms with E-state index in [4.69, 9.17) is 4.74 Å². The highest BCUT2D eigenvalue weighted by atomic mass is 19.1. The second-order valence-corrected chi connectivity index (χ2v) is 8.69. The minimum absolute atomic E-state index is 0.282. The summed E-state index contributed by atoms with van der Waals surface area (Å²) in [5, 5.41) is 24.2. The van der Waals surface area contributed by atoms with Gasteiger partial charge in [0, 0.05) is 0 Å². The molecule has 3 N–H and O–H groups in total. The lowest BCUT2D eigenvalue weighted by Crippen LogP contribution is -2.57. The highest BCUT2D eigenvalue weighted by molar-refractivity contribution is 5.35. The molecule has 0 spiro atoms. The number of anilines is 1. The molecule has 0 amide bonds. The fourth-order valence-corrected chi connectivity index (χ4v) is 4.99. The Bertz CT molecular complexity index is 627. The van der Waals surface area contributed by atoms with Gasteiger partial charge in [-0.15, -0.1) is 0 Å². The molecule has 5 nitrogen and oxygen atoms in total. The minimum Gasteiger partial charge on any atom is -0.388 e. The van der Waals surface area contributed by atoms with Crippen molar-refractivity contribution in [2.45, 2.75) is 75.7 Å². The van der Waals surface area contributed by atoms with Crippen LogP contribution in [-0.2, 0) is 4.74 Å². The lowest BCUT2D eigenvalue weighted by Gasteiger charge is -2.40. The predicted octanol–water partition coefficient (Wildman–Crippen LogP) is 3.12. The molecule has 2 heterocycles. The molecule has 6 heteroatoms. The molecule has 150 valence electrons. The highest BCUT2D eigenvalue weighted by Gasteiger charge is 2.44. The van der Waals surface area contributed by atoms with Gasteiger partial charge in [-0.25, -0.2) is 4.98 Å². The number of aromatic nitrogens is 1. The van der Waals surface area contributed by atoms with Crippen LogP contribution < -0.4 is 5.32 Å². The smallest absolute Gasteiger partial charge is 0.214 e. The van der Waals surface area contributed by atoms with Crippen molar-refractivity contribution in [2.24, 2.45) is 17.8 Å². The molecule has 6 atom stereocenters. The zero-order chi connectivity index (χ0) is 18.8. The molecule has 27 heavy (non-hydrogen) atoms. The number of nitrogens with one attached hydrogen (secondary N) is 1. The summed E-state index contributed by atoms with van der Waals surface area (Å²) in [6.07, 6.45) is 8.01. The van der Waals surface area contributed by atoms with E-state index < -0.39 is 24.2 Å². The molecule has 1 aromatic rings. The Hall–Kier alpha value is -1.24. The molecule has 1 saturated heterocycles. The topological polar surface area (TPSA) is 74.6 Å². The van der Waals surface area contributed by atoms with E-state index in [0.29, 0.717) is 11.7 Å². The summed E-state index contributed by atoms with van der Waals surface area (Å²) in [5.74, 6) is 1.75. The Morgan fingerprint density at radius 3 is 2.63 bits per heavy atom. The fraction of sp³-hybridized carbons (Fsp3) is 0.762. The van der Waals surface area contributed by atoms with Gasteiger partial charge in [-0.3, -0.25) is 0 Å². The monoisotopic (exact) mass is 378 g/mol. The largest absolute Gasteiger partial charge is 0.388 e. The molecule has 2 unspecified atom stereocenters. The quantitative estimate of drug-likeness (QED) is 0.663. The maximum atomic E-state index is 13.2. The maximum Gasteiger partial charge on any atom is 0.214 e. The minimum atomic E-state index is -0.956. The van der Waals surface area contributed by atoms with Gasteiger partial charge in [0.25, 0.3) is 0 Å². The van der Waals surface area contributed by atoms with Crippen LogP contribution in [0.2, 0.25) is 0 Å². The van der Waals surface area contributed by atoms with Crippen molar-refractivity contribution in [2.75, 3.05) is 11.9 Å². The molecule has 4 rings (SSSR count). The number of hydrogen-bond acceptors (Lipinski definition) is 5. The third kappa shape index (κ3) is 4.44. The number of pyridine rings is 1. The zero-order valence-corrected chi connectivity index (χ0v) is 15.8. The van der Waals surface area contributed by atoms with Crippen LogP contribution in [0.4, 0.5) is 10.2 Å². The van der Waals surface area contributed by atoms with Gasteiger partial charge in [-0.1, -0.05) is 44.6 Å². The first-order valence-electron chi connectivity index (χ1n) is 10.5. The van der Waals surface area contributed by atoms with Crippen LogP contribution in [0.5, 0.6) is 0 Å². The first-order valence-corrected chi connectivity index (χ1v) is 10.5. The van der Waals surface area contributed by atoms with Crippen molar-refractivity contribution in [3.05, 3.63) is 24.1 Å². The van der Waals surface area contributed by atoms with Gasteiger partial charge in [0.2, 0.25) is 5.95 Å². The van der Waals surface area contributed by atoms with E-state index >= 15 is 0 Å². The summed E-state index contributed by atoms with van der Waals surface area (Å²) in [4.78, 5) is 3.75. The molecule has 3 fully saturated rings. The van der Waals surface area contributed by atoms with Crippen LogP contribution in [0, 0.1) is 23.7 Å². The van der Waals surface area contributed by atoms with Gasteiger partial charge in [-0.2, -0.15) is 4.39 Å². The number of rotatable bonds is 6. The first kappa shape index (κ1) is 19.1. The number of ether oxygens (including phenoxy) is 1. The average Bonchev–Trinajstić information content (AvgIpc) is 3.06. The number of hydrogen-bond donors (Lipinski definition) is 3. The molecule has 2 aliphatic carbocycles. The normalized spacial score (nSPS) is 37.1. The van der Waals surface area contributed by atoms with Crippen molar-refractivity contribution in [3.8, 4) is 0 Å². The zero-order valence-electron chi connectivity index (χ0n) is 15.8. The molecule has 0 radical (unpaired) electrons. The summed E-state index contributed by atoms with van der Waals surface area (Å²) < 4.78 is 19.2. The Balaban J connectivity index is 1.28. The van der Waals surface area contributed by atoms with Crippen LogP contribution in [0.3, 0.4) is 0 Å². The van der Waals surface area contributed by atoms with Gasteiger partial charge in [-0.05, 0) is 42.7 Å². The SMILES string of the molecule is O[C@@H]1[C@H](O)[C@@H](Nc2cccc(F)n2)CO[C@@H]1C1CCC(CCC2CCC2)C1. The fourth-order valence-electron chi connectivity index (χ4n) is 4.99. The molecular formula is C21H31FN2O3. The van der Waals surface area contributed by atoms with Crippen molar-refractivity contribution in [1.29, 1.82) is 0 Å². The van der Waals surface area contributed by atoms with E-state index in [9.17, 15) is 14.6 Å².